The van der Waals surface area contributed by atoms with Gasteiger partial charge in [-0.2, -0.15) is 0 Å². The predicted octanol–water partition coefficient (Wildman–Crippen LogP) is 1.71. The Morgan fingerprint density at radius 3 is 2.38 bits per heavy atom. The van der Waals surface area contributed by atoms with E-state index < -0.39 is 0 Å². The maximum atomic E-state index is 13.8. The molecule has 21 heavy (non-hydrogen) atoms. The highest BCUT2D eigenvalue weighted by Gasteiger charge is 2.28. The highest BCUT2D eigenvalue weighted by atomic mass is 19.1. The van der Waals surface area contributed by atoms with Gasteiger partial charge in [0, 0.05) is 32.7 Å². The Kier molecular flexibility index (Phi) is 5.17. The number of amides is 1. The first-order valence-corrected chi connectivity index (χ1v) is 7.53. The van der Waals surface area contributed by atoms with Gasteiger partial charge in [0.25, 0.3) is 0 Å². The summed E-state index contributed by atoms with van der Waals surface area (Å²) in [5.41, 5.74) is 6.33. The number of benzene rings is 1. The summed E-state index contributed by atoms with van der Waals surface area (Å²) in [6.45, 7) is 6.97. The van der Waals surface area contributed by atoms with E-state index in [2.05, 4.69) is 0 Å². The minimum Gasteiger partial charge on any atom is -0.366 e. The number of anilines is 1. The van der Waals surface area contributed by atoms with Gasteiger partial charge in [0.2, 0.25) is 5.91 Å². The minimum atomic E-state index is -0.209. The zero-order valence-corrected chi connectivity index (χ0v) is 12.8. The first kappa shape index (κ1) is 15.8. The van der Waals surface area contributed by atoms with Crippen LogP contribution in [0.3, 0.4) is 0 Å². The average Bonchev–Trinajstić information content (AvgIpc) is 2.48. The Morgan fingerprint density at radius 2 is 1.86 bits per heavy atom. The summed E-state index contributed by atoms with van der Waals surface area (Å²) >= 11 is 0. The van der Waals surface area contributed by atoms with E-state index in [0.717, 1.165) is 0 Å². The van der Waals surface area contributed by atoms with Crippen molar-refractivity contribution in [2.45, 2.75) is 13.8 Å². The molecule has 0 radical (unpaired) electrons. The number of piperazine rings is 1. The van der Waals surface area contributed by atoms with Crippen molar-refractivity contribution >= 4 is 11.6 Å². The second-order valence-corrected chi connectivity index (χ2v) is 5.85. The summed E-state index contributed by atoms with van der Waals surface area (Å²) in [6.07, 6.45) is 0. The average molecular weight is 293 g/mol. The molecule has 2 N–H and O–H groups in total. The Bertz CT molecular complexity index is 484. The molecule has 0 aliphatic carbocycles. The van der Waals surface area contributed by atoms with Crippen LogP contribution in [0.15, 0.2) is 24.3 Å². The number of hydrogen-bond donors (Lipinski definition) is 1. The van der Waals surface area contributed by atoms with E-state index in [-0.39, 0.29) is 23.6 Å². The van der Waals surface area contributed by atoms with Gasteiger partial charge in [0.15, 0.2) is 0 Å². The number of para-hydroxylation sites is 1. The molecule has 2 rings (SSSR count). The summed E-state index contributed by atoms with van der Waals surface area (Å²) < 4.78 is 13.8. The van der Waals surface area contributed by atoms with Crippen LogP contribution < -0.4 is 10.6 Å². The van der Waals surface area contributed by atoms with Crippen molar-refractivity contribution < 1.29 is 9.18 Å². The molecule has 116 valence electrons. The molecule has 0 bridgehead atoms. The molecule has 4 nitrogen and oxygen atoms in total. The molecule has 1 fully saturated rings. The molecule has 1 unspecified atom stereocenters. The lowest BCUT2D eigenvalue weighted by molar-refractivity contribution is -0.136. The molecule has 1 aromatic carbocycles. The maximum absolute atomic E-state index is 13.8. The summed E-state index contributed by atoms with van der Waals surface area (Å²) in [7, 11) is 0. The lowest BCUT2D eigenvalue weighted by Crippen LogP contribution is -2.52. The fraction of sp³-hybridized carbons (Fsp3) is 0.562. The standard InChI is InChI=1S/C16H24FN3O/c1-12(2)13(11-18)16(21)20-9-7-19(8-10-20)15-6-4-3-5-14(15)17/h3-6,12-13H,7-11,18H2,1-2H3. The topological polar surface area (TPSA) is 49.6 Å². The van der Waals surface area contributed by atoms with Crippen LogP contribution in [0, 0.1) is 17.7 Å². The van der Waals surface area contributed by atoms with E-state index in [0.29, 0.717) is 38.4 Å². The number of carbonyl (C=O) groups is 1. The monoisotopic (exact) mass is 293 g/mol. The molecule has 0 spiro atoms. The molecule has 1 aliphatic heterocycles. The molecule has 1 amide bonds. The molecule has 1 aliphatic rings. The summed E-state index contributed by atoms with van der Waals surface area (Å²) in [6, 6.07) is 6.77. The van der Waals surface area contributed by atoms with Crippen molar-refractivity contribution in [1.82, 2.24) is 4.90 Å². The summed E-state index contributed by atoms with van der Waals surface area (Å²) in [5, 5.41) is 0. The molecule has 0 aromatic heterocycles. The molecule has 1 aromatic rings. The Balaban J connectivity index is 1.97. The SMILES string of the molecule is CC(C)C(CN)C(=O)N1CCN(c2ccccc2F)CC1. The first-order valence-electron chi connectivity index (χ1n) is 7.53. The third-order valence-electron chi connectivity index (χ3n) is 4.16. The quantitative estimate of drug-likeness (QED) is 0.919. The van der Waals surface area contributed by atoms with Gasteiger partial charge in [-0.05, 0) is 18.1 Å². The third-order valence-corrected chi connectivity index (χ3v) is 4.16. The van der Waals surface area contributed by atoms with Crippen molar-refractivity contribution in [3.8, 4) is 0 Å². The van der Waals surface area contributed by atoms with Crippen LogP contribution in [0.4, 0.5) is 10.1 Å². The third kappa shape index (κ3) is 3.53. The van der Waals surface area contributed by atoms with Crippen molar-refractivity contribution in [2.75, 3.05) is 37.6 Å². The zero-order chi connectivity index (χ0) is 15.4. The Labute approximate surface area is 125 Å². The number of carbonyl (C=O) groups excluding carboxylic acids is 1. The number of hydrogen-bond acceptors (Lipinski definition) is 3. The van der Waals surface area contributed by atoms with Crippen LogP contribution in [0.25, 0.3) is 0 Å². The fourth-order valence-electron chi connectivity index (χ4n) is 2.77. The van der Waals surface area contributed by atoms with Gasteiger partial charge in [0.05, 0.1) is 11.6 Å². The fourth-order valence-corrected chi connectivity index (χ4v) is 2.77. The molecule has 0 saturated carbocycles. The second-order valence-electron chi connectivity index (χ2n) is 5.85. The second kappa shape index (κ2) is 6.89. The van der Waals surface area contributed by atoms with E-state index in [1.165, 1.54) is 6.07 Å². The minimum absolute atomic E-state index is 0.120. The van der Waals surface area contributed by atoms with Gasteiger partial charge < -0.3 is 15.5 Å². The predicted molar refractivity (Wildman–Crippen MR) is 82.6 cm³/mol. The van der Waals surface area contributed by atoms with E-state index in [4.69, 9.17) is 5.73 Å². The molecular formula is C16H24FN3O. The van der Waals surface area contributed by atoms with Crippen LogP contribution in [0.2, 0.25) is 0 Å². The molecule has 1 saturated heterocycles. The summed E-state index contributed by atoms with van der Waals surface area (Å²) in [5.74, 6) is 0.0390. The zero-order valence-electron chi connectivity index (χ0n) is 12.8. The van der Waals surface area contributed by atoms with Gasteiger partial charge in [-0.25, -0.2) is 4.39 Å². The number of nitrogens with two attached hydrogens (primary N) is 1. The largest absolute Gasteiger partial charge is 0.366 e. The highest BCUT2D eigenvalue weighted by Crippen LogP contribution is 2.21. The molecule has 1 heterocycles. The van der Waals surface area contributed by atoms with Crippen LogP contribution in [-0.4, -0.2) is 43.5 Å². The van der Waals surface area contributed by atoms with Gasteiger partial charge in [-0.1, -0.05) is 26.0 Å². The van der Waals surface area contributed by atoms with Gasteiger partial charge >= 0.3 is 0 Å². The molecule has 1 atom stereocenters. The van der Waals surface area contributed by atoms with Crippen molar-refractivity contribution in [3.05, 3.63) is 30.1 Å². The number of nitrogens with zero attached hydrogens (tertiary/aromatic N) is 2. The van der Waals surface area contributed by atoms with E-state index in [9.17, 15) is 9.18 Å². The summed E-state index contributed by atoms with van der Waals surface area (Å²) in [4.78, 5) is 16.3. The van der Waals surface area contributed by atoms with E-state index in [1.807, 2.05) is 29.7 Å². The van der Waals surface area contributed by atoms with Gasteiger partial charge in [0.1, 0.15) is 5.82 Å². The van der Waals surface area contributed by atoms with Crippen molar-refractivity contribution in [1.29, 1.82) is 0 Å². The Morgan fingerprint density at radius 1 is 1.24 bits per heavy atom. The lowest BCUT2D eigenvalue weighted by Gasteiger charge is -2.38. The van der Waals surface area contributed by atoms with Gasteiger partial charge in [-0.15, -0.1) is 0 Å². The van der Waals surface area contributed by atoms with Crippen LogP contribution in [-0.2, 0) is 4.79 Å². The normalized spacial score (nSPS) is 17.2. The number of rotatable bonds is 4. The number of halogens is 1. The van der Waals surface area contributed by atoms with E-state index in [1.54, 1.807) is 12.1 Å². The van der Waals surface area contributed by atoms with Crippen molar-refractivity contribution in [2.24, 2.45) is 17.6 Å². The van der Waals surface area contributed by atoms with Crippen LogP contribution in [0.1, 0.15) is 13.8 Å². The van der Waals surface area contributed by atoms with Crippen LogP contribution >= 0.6 is 0 Å². The molecule has 5 heteroatoms. The van der Waals surface area contributed by atoms with Crippen molar-refractivity contribution in [3.63, 3.8) is 0 Å². The highest BCUT2D eigenvalue weighted by molar-refractivity contribution is 5.79. The van der Waals surface area contributed by atoms with Gasteiger partial charge in [-0.3, -0.25) is 4.79 Å². The lowest BCUT2D eigenvalue weighted by atomic mass is 9.94. The van der Waals surface area contributed by atoms with Crippen LogP contribution in [0.5, 0.6) is 0 Å². The first-order chi connectivity index (χ1) is 10.0. The molecular weight excluding hydrogens is 269 g/mol. The van der Waals surface area contributed by atoms with E-state index >= 15 is 0 Å². The maximum Gasteiger partial charge on any atom is 0.227 e. The smallest absolute Gasteiger partial charge is 0.227 e. The Hall–Kier alpha value is -1.62.